The van der Waals surface area contributed by atoms with Crippen LogP contribution in [0.4, 0.5) is 0 Å². The van der Waals surface area contributed by atoms with E-state index in [9.17, 15) is 14.4 Å². The Morgan fingerprint density at radius 2 is 1.73 bits per heavy atom. The minimum Gasteiger partial charge on any atom is -0.459 e. The topological polar surface area (TPSA) is 100 Å². The minimum atomic E-state index is -0.564. The standard InChI is InChI=1S/C14H12BrN3O4/c15-10-5-3-9(4-6-10)13(20)18-17-12(19)8-16-14(21)11-2-1-7-22-11/h1-7H,8H2,(H,16,21)(H,17,19)(H,18,20). The number of furan rings is 1. The lowest BCUT2D eigenvalue weighted by Crippen LogP contribution is -2.46. The van der Waals surface area contributed by atoms with Crippen molar-refractivity contribution in [3.05, 3.63) is 58.5 Å². The monoisotopic (exact) mass is 365 g/mol. The van der Waals surface area contributed by atoms with Crippen molar-refractivity contribution in [3.8, 4) is 0 Å². The molecule has 1 heterocycles. The highest BCUT2D eigenvalue weighted by molar-refractivity contribution is 9.10. The fourth-order valence-corrected chi connectivity index (χ4v) is 1.76. The van der Waals surface area contributed by atoms with Gasteiger partial charge in [0.25, 0.3) is 17.7 Å². The molecule has 0 saturated carbocycles. The number of hydrazine groups is 1. The van der Waals surface area contributed by atoms with Gasteiger partial charge in [0.2, 0.25) is 0 Å². The number of halogens is 1. The van der Waals surface area contributed by atoms with E-state index in [2.05, 4.69) is 32.1 Å². The minimum absolute atomic E-state index is 0.103. The molecule has 0 fully saturated rings. The number of nitrogens with one attached hydrogen (secondary N) is 3. The Bertz CT molecular complexity index is 668. The number of carbonyl (C=O) groups excluding carboxylic acids is 3. The molecule has 7 nitrogen and oxygen atoms in total. The van der Waals surface area contributed by atoms with Crippen molar-refractivity contribution < 1.29 is 18.8 Å². The molecule has 0 bridgehead atoms. The Kier molecular flexibility index (Phi) is 5.31. The Balaban J connectivity index is 1.74. The highest BCUT2D eigenvalue weighted by atomic mass is 79.9. The Morgan fingerprint density at radius 3 is 2.36 bits per heavy atom. The molecular formula is C14H12BrN3O4. The van der Waals surface area contributed by atoms with Crippen molar-refractivity contribution in [2.24, 2.45) is 0 Å². The van der Waals surface area contributed by atoms with Crippen LogP contribution < -0.4 is 16.2 Å². The molecule has 0 atom stereocenters. The van der Waals surface area contributed by atoms with Crippen LogP contribution in [0.1, 0.15) is 20.9 Å². The fraction of sp³-hybridized carbons (Fsp3) is 0.0714. The predicted molar refractivity (Wildman–Crippen MR) is 80.8 cm³/mol. The van der Waals surface area contributed by atoms with Crippen LogP contribution in [0.15, 0.2) is 51.6 Å². The molecule has 2 aromatic rings. The lowest BCUT2D eigenvalue weighted by molar-refractivity contribution is -0.120. The molecular weight excluding hydrogens is 354 g/mol. The quantitative estimate of drug-likeness (QED) is 0.709. The molecule has 0 saturated heterocycles. The van der Waals surface area contributed by atoms with Crippen LogP contribution >= 0.6 is 15.9 Å². The van der Waals surface area contributed by atoms with Crippen LogP contribution in [0.2, 0.25) is 0 Å². The molecule has 0 aliphatic rings. The first-order valence-corrected chi connectivity index (χ1v) is 7.02. The Hall–Kier alpha value is -2.61. The lowest BCUT2D eigenvalue weighted by atomic mass is 10.2. The van der Waals surface area contributed by atoms with E-state index >= 15 is 0 Å². The van der Waals surface area contributed by atoms with Crippen molar-refractivity contribution in [2.45, 2.75) is 0 Å². The van der Waals surface area contributed by atoms with Crippen molar-refractivity contribution in [3.63, 3.8) is 0 Å². The number of amides is 3. The summed E-state index contributed by atoms with van der Waals surface area (Å²) >= 11 is 3.26. The zero-order chi connectivity index (χ0) is 15.9. The van der Waals surface area contributed by atoms with Crippen molar-refractivity contribution in [2.75, 3.05) is 6.54 Å². The van der Waals surface area contributed by atoms with E-state index in [0.717, 1.165) is 4.47 Å². The summed E-state index contributed by atoms with van der Waals surface area (Å²) in [6.07, 6.45) is 1.35. The van der Waals surface area contributed by atoms with E-state index < -0.39 is 17.7 Å². The van der Waals surface area contributed by atoms with Gasteiger partial charge in [-0.15, -0.1) is 0 Å². The van der Waals surface area contributed by atoms with Crippen molar-refractivity contribution in [1.82, 2.24) is 16.2 Å². The summed E-state index contributed by atoms with van der Waals surface area (Å²) in [4.78, 5) is 34.8. The SMILES string of the molecule is O=C(CNC(=O)c1ccco1)NNC(=O)c1ccc(Br)cc1. The van der Waals surface area contributed by atoms with Gasteiger partial charge in [-0.25, -0.2) is 0 Å². The molecule has 0 spiro atoms. The molecule has 0 radical (unpaired) electrons. The number of hydrogen-bond acceptors (Lipinski definition) is 4. The van der Waals surface area contributed by atoms with E-state index in [1.807, 2.05) is 0 Å². The smallest absolute Gasteiger partial charge is 0.287 e. The molecule has 114 valence electrons. The maximum Gasteiger partial charge on any atom is 0.287 e. The Morgan fingerprint density at radius 1 is 1.00 bits per heavy atom. The van der Waals surface area contributed by atoms with Crippen LogP contribution in [0.5, 0.6) is 0 Å². The highest BCUT2D eigenvalue weighted by Crippen LogP contribution is 2.10. The molecule has 8 heteroatoms. The van der Waals surface area contributed by atoms with E-state index in [-0.39, 0.29) is 12.3 Å². The number of carbonyl (C=O) groups is 3. The van der Waals surface area contributed by atoms with E-state index in [1.54, 1.807) is 30.3 Å². The zero-order valence-electron chi connectivity index (χ0n) is 11.3. The largest absolute Gasteiger partial charge is 0.459 e. The van der Waals surface area contributed by atoms with Crippen LogP contribution in [0, 0.1) is 0 Å². The molecule has 3 amide bonds. The third kappa shape index (κ3) is 4.45. The van der Waals surface area contributed by atoms with Gasteiger partial charge < -0.3 is 9.73 Å². The molecule has 0 unspecified atom stereocenters. The van der Waals surface area contributed by atoms with Crippen molar-refractivity contribution in [1.29, 1.82) is 0 Å². The first-order valence-electron chi connectivity index (χ1n) is 6.22. The highest BCUT2D eigenvalue weighted by Gasteiger charge is 2.11. The van der Waals surface area contributed by atoms with Gasteiger partial charge in [0, 0.05) is 10.0 Å². The molecule has 0 aliphatic carbocycles. The number of benzene rings is 1. The van der Waals surface area contributed by atoms with E-state index in [0.29, 0.717) is 5.56 Å². The predicted octanol–water partition coefficient (Wildman–Crippen LogP) is 1.23. The summed E-state index contributed by atoms with van der Waals surface area (Å²) in [5.41, 5.74) is 4.84. The first-order chi connectivity index (χ1) is 10.6. The van der Waals surface area contributed by atoms with Gasteiger partial charge in [-0.3, -0.25) is 25.2 Å². The van der Waals surface area contributed by atoms with Crippen molar-refractivity contribution >= 4 is 33.7 Å². The van der Waals surface area contributed by atoms with Gasteiger partial charge in [0.05, 0.1) is 12.8 Å². The maximum absolute atomic E-state index is 11.7. The van der Waals surface area contributed by atoms with Gasteiger partial charge in [-0.1, -0.05) is 15.9 Å². The summed E-state index contributed by atoms with van der Waals surface area (Å²) in [6.45, 7) is -0.292. The normalized spacial score (nSPS) is 9.86. The van der Waals surface area contributed by atoms with Gasteiger partial charge >= 0.3 is 0 Å². The number of hydrogen-bond donors (Lipinski definition) is 3. The van der Waals surface area contributed by atoms with E-state index in [4.69, 9.17) is 4.42 Å². The third-order valence-corrected chi connectivity index (χ3v) is 3.10. The van der Waals surface area contributed by atoms with E-state index in [1.165, 1.54) is 12.3 Å². The first kappa shape index (κ1) is 15.8. The molecule has 22 heavy (non-hydrogen) atoms. The lowest BCUT2D eigenvalue weighted by Gasteiger charge is -2.08. The summed E-state index contributed by atoms with van der Waals surface area (Å²) in [7, 11) is 0. The summed E-state index contributed by atoms with van der Waals surface area (Å²) < 4.78 is 5.72. The van der Waals surface area contributed by atoms with Gasteiger partial charge in [-0.05, 0) is 36.4 Å². The molecule has 1 aromatic heterocycles. The van der Waals surface area contributed by atoms with Crippen LogP contribution in [0.3, 0.4) is 0 Å². The molecule has 1 aromatic carbocycles. The van der Waals surface area contributed by atoms with Crippen LogP contribution in [-0.4, -0.2) is 24.3 Å². The summed E-state index contributed by atoms with van der Waals surface area (Å²) in [6, 6.07) is 9.66. The average Bonchev–Trinajstić information content (AvgIpc) is 3.05. The van der Waals surface area contributed by atoms with Crippen LogP contribution in [0.25, 0.3) is 0 Å². The average molecular weight is 366 g/mol. The maximum atomic E-state index is 11.7. The van der Waals surface area contributed by atoms with Gasteiger partial charge in [0.1, 0.15) is 0 Å². The zero-order valence-corrected chi connectivity index (χ0v) is 12.8. The second kappa shape index (κ2) is 7.41. The summed E-state index contributed by atoms with van der Waals surface area (Å²) in [5.74, 6) is -1.44. The second-order valence-electron chi connectivity index (χ2n) is 4.17. The van der Waals surface area contributed by atoms with Gasteiger partial charge in [0.15, 0.2) is 5.76 Å². The molecule has 0 aliphatic heterocycles. The Labute approximate surface area is 134 Å². The fourth-order valence-electron chi connectivity index (χ4n) is 1.50. The third-order valence-electron chi connectivity index (χ3n) is 2.58. The summed E-state index contributed by atoms with van der Waals surface area (Å²) in [5, 5.41) is 2.35. The molecule has 3 N–H and O–H groups in total. The second-order valence-corrected chi connectivity index (χ2v) is 5.08. The number of rotatable bonds is 4. The van der Waals surface area contributed by atoms with Crippen LogP contribution in [-0.2, 0) is 4.79 Å². The van der Waals surface area contributed by atoms with Gasteiger partial charge in [-0.2, -0.15) is 0 Å². The molecule has 2 rings (SSSR count).